The van der Waals surface area contributed by atoms with E-state index in [1.807, 2.05) is 12.3 Å². The number of amidine groups is 1. The summed E-state index contributed by atoms with van der Waals surface area (Å²) < 4.78 is 8.04. The highest BCUT2D eigenvalue weighted by molar-refractivity contribution is 8.00. The minimum Gasteiger partial charge on any atom is -0.496 e. The van der Waals surface area contributed by atoms with Crippen molar-refractivity contribution >= 4 is 47.8 Å². The molecule has 4 rings (SSSR count). The van der Waals surface area contributed by atoms with E-state index in [1.165, 1.54) is 4.90 Å². The van der Waals surface area contributed by atoms with E-state index in [-0.39, 0.29) is 24.0 Å². The van der Waals surface area contributed by atoms with Gasteiger partial charge in [-0.3, -0.25) is 29.1 Å². The number of carbonyl (C=O) groups excluding carboxylic acids is 2. The first-order valence-corrected chi connectivity index (χ1v) is 19.1. The first-order valence-electron chi connectivity index (χ1n) is 18.0. The molecule has 1 aromatic carbocycles. The summed E-state index contributed by atoms with van der Waals surface area (Å²) in [5, 5.41) is 13.8. The Hall–Kier alpha value is -3.85. The van der Waals surface area contributed by atoms with E-state index in [1.54, 1.807) is 7.11 Å². The van der Waals surface area contributed by atoms with Crippen LogP contribution in [0.4, 0.5) is 0 Å². The Balaban J connectivity index is 1.34. The van der Waals surface area contributed by atoms with Gasteiger partial charge in [-0.05, 0) is 35.8 Å². The number of aliphatic carboxylic acids is 1. The minimum absolute atomic E-state index is 0.0911. The van der Waals surface area contributed by atoms with Crippen molar-refractivity contribution in [2.45, 2.75) is 76.8 Å². The van der Waals surface area contributed by atoms with Crippen LogP contribution in [0.2, 0.25) is 0 Å². The summed E-state index contributed by atoms with van der Waals surface area (Å²) in [6, 6.07) is 7.35. The van der Waals surface area contributed by atoms with Gasteiger partial charge in [0.25, 0.3) is 0 Å². The topological polar surface area (TPSA) is 172 Å². The van der Waals surface area contributed by atoms with Gasteiger partial charge in [-0.1, -0.05) is 45.4 Å². The van der Waals surface area contributed by atoms with Gasteiger partial charge >= 0.3 is 5.97 Å². The quantitative estimate of drug-likeness (QED) is 0.0673. The van der Waals surface area contributed by atoms with Crippen molar-refractivity contribution in [1.82, 2.24) is 24.6 Å². The fourth-order valence-electron chi connectivity index (χ4n) is 6.33. The Morgan fingerprint density at radius 2 is 1.84 bits per heavy atom. The molecule has 0 radical (unpaired) electrons. The van der Waals surface area contributed by atoms with E-state index >= 15 is 0 Å². The zero-order valence-electron chi connectivity index (χ0n) is 30.4. The minimum atomic E-state index is -1.12. The van der Waals surface area contributed by atoms with Gasteiger partial charge in [-0.2, -0.15) is 0 Å². The summed E-state index contributed by atoms with van der Waals surface area (Å²) in [4.78, 5) is 47.1. The van der Waals surface area contributed by atoms with Crippen LogP contribution in [-0.4, -0.2) is 118 Å². The van der Waals surface area contributed by atoms with Crippen LogP contribution in [0.3, 0.4) is 0 Å². The molecule has 13 nitrogen and oxygen atoms in total. The lowest BCUT2D eigenvalue weighted by Crippen LogP contribution is -2.48. The van der Waals surface area contributed by atoms with Gasteiger partial charge in [0.2, 0.25) is 11.8 Å². The molecule has 2 saturated heterocycles. The van der Waals surface area contributed by atoms with Crippen LogP contribution in [0.25, 0.3) is 12.4 Å². The average molecular weight is 725 g/mol. The number of likely N-dealkylation sites (tertiary alicyclic amines) is 1. The number of hydrogen-bond donors (Lipinski definition) is 4. The van der Waals surface area contributed by atoms with E-state index in [0.717, 1.165) is 116 Å². The number of nitrogens with one attached hydrogen (secondary N) is 1. The lowest BCUT2D eigenvalue weighted by atomic mass is 10.1. The molecule has 2 aromatic rings. The number of carboxylic acid groups (broad SMARTS) is 1. The number of piperazine rings is 1. The molecule has 2 fully saturated rings. The lowest BCUT2D eigenvalue weighted by molar-refractivity contribution is -0.139. The zero-order chi connectivity index (χ0) is 36.9. The second kappa shape index (κ2) is 19.7. The maximum absolute atomic E-state index is 12.8. The van der Waals surface area contributed by atoms with Crippen LogP contribution < -0.4 is 32.1 Å². The number of nitrogens with zero attached hydrogens (tertiary/aromatic N) is 5. The summed E-state index contributed by atoms with van der Waals surface area (Å²) >= 11 is 1.15. The zero-order valence-corrected chi connectivity index (χ0v) is 31.3. The third-order valence-corrected chi connectivity index (χ3v) is 10.6. The summed E-state index contributed by atoms with van der Waals surface area (Å²) in [5.74, 6) is 0.700. The van der Waals surface area contributed by atoms with Crippen molar-refractivity contribution in [2.24, 2.45) is 16.5 Å². The molecule has 2 aliphatic rings. The largest absolute Gasteiger partial charge is 0.496 e. The van der Waals surface area contributed by atoms with E-state index in [4.69, 9.17) is 26.3 Å². The number of benzene rings is 1. The molecule has 0 aliphatic carbocycles. The molecule has 0 spiro atoms. The average Bonchev–Trinajstić information content (AvgIpc) is 3.61. The lowest BCUT2D eigenvalue weighted by Gasteiger charge is -2.35. The SMILES string of the molecule is C=c1ccn(Cc2ccc(CN3CCN(CCN4C(=O)CC(SCC(N)C(=O)O)C4=O)CC3)cc2OC)/c1=C(/N=C(/N)CCC)NCCCCC. The maximum Gasteiger partial charge on any atom is 0.321 e. The molecule has 14 heteroatoms. The molecule has 280 valence electrons. The number of carbonyl (C=O) groups is 3. The van der Waals surface area contributed by atoms with Crippen molar-refractivity contribution in [3.05, 3.63) is 52.2 Å². The number of carboxylic acids is 1. The third-order valence-electron chi connectivity index (χ3n) is 9.31. The van der Waals surface area contributed by atoms with Crippen LogP contribution >= 0.6 is 11.8 Å². The monoisotopic (exact) mass is 724 g/mol. The number of aromatic nitrogens is 1. The smallest absolute Gasteiger partial charge is 0.321 e. The van der Waals surface area contributed by atoms with E-state index in [2.05, 4.69) is 58.3 Å². The Bertz CT molecular complexity index is 1640. The number of imide groups is 1. The Morgan fingerprint density at radius 1 is 1.10 bits per heavy atom. The molecule has 2 unspecified atom stereocenters. The third kappa shape index (κ3) is 11.3. The number of unbranched alkanes of at least 4 members (excludes halogenated alkanes) is 2. The predicted molar refractivity (Wildman–Crippen MR) is 204 cm³/mol. The normalized spacial score (nSPS) is 18.7. The van der Waals surface area contributed by atoms with Crippen LogP contribution in [-0.2, 0) is 27.5 Å². The number of thioether (sulfide) groups is 1. The molecular weight excluding hydrogens is 669 g/mol. The van der Waals surface area contributed by atoms with E-state index in [9.17, 15) is 14.4 Å². The van der Waals surface area contributed by atoms with Gasteiger partial charge in [-0.15, -0.1) is 11.8 Å². The molecule has 3 heterocycles. The highest BCUT2D eigenvalue weighted by atomic mass is 32.2. The predicted octanol–water partition coefficient (Wildman–Crippen LogP) is 1.35. The van der Waals surface area contributed by atoms with Crippen LogP contribution in [0.15, 0.2) is 35.5 Å². The fourth-order valence-corrected chi connectivity index (χ4v) is 7.44. The number of hydrogen-bond acceptors (Lipinski definition) is 10. The van der Waals surface area contributed by atoms with Gasteiger partial charge in [-0.25, -0.2) is 4.99 Å². The summed E-state index contributed by atoms with van der Waals surface area (Å²) in [7, 11) is 1.70. The number of nitrogens with two attached hydrogens (primary N) is 2. The first-order chi connectivity index (χ1) is 24.5. The van der Waals surface area contributed by atoms with Crippen LogP contribution in [0, 0.1) is 0 Å². The molecule has 1 aromatic heterocycles. The second-order valence-electron chi connectivity index (χ2n) is 13.3. The van der Waals surface area contributed by atoms with Crippen LogP contribution in [0.1, 0.15) is 63.5 Å². The second-order valence-corrected chi connectivity index (χ2v) is 14.5. The van der Waals surface area contributed by atoms with Crippen molar-refractivity contribution in [1.29, 1.82) is 0 Å². The Morgan fingerprint density at radius 3 is 2.53 bits per heavy atom. The van der Waals surface area contributed by atoms with Crippen molar-refractivity contribution in [3.8, 4) is 5.75 Å². The molecule has 2 aliphatic heterocycles. The number of aliphatic imine (C=N–C) groups is 1. The standard InChI is InChI=1S/C37H56N8O5S/c1-5-7-8-13-40-35(41-32(39)9-6-2)34-26(3)12-14-44(34)24-28-11-10-27(21-30(28)50-4)23-43-17-15-42(16-18-43)19-20-45-33(46)22-31(36(45)47)51-25-29(38)37(48)49/h10-12,14,21,29,31,40H,3,5-9,13,15-20,22-25,38H2,1-2,4H3,(H2,39,41)(H,48,49)/b35-34+. The summed E-state index contributed by atoms with van der Waals surface area (Å²) in [6.07, 6.45) is 7.12. The fraction of sp³-hybridized carbons (Fsp3) is 0.568. The summed E-state index contributed by atoms with van der Waals surface area (Å²) in [6.45, 7) is 15.1. The van der Waals surface area contributed by atoms with Gasteiger partial charge in [0, 0.05) is 82.7 Å². The summed E-state index contributed by atoms with van der Waals surface area (Å²) in [5.41, 5.74) is 14.1. The first kappa shape index (κ1) is 39.9. The van der Waals surface area contributed by atoms with Gasteiger partial charge in [0.15, 0.2) is 5.82 Å². The molecular formula is C37H56N8O5S. The maximum atomic E-state index is 12.8. The number of methoxy groups -OCH3 is 1. The van der Waals surface area contributed by atoms with Gasteiger partial charge < -0.3 is 31.2 Å². The molecule has 2 atom stereocenters. The van der Waals surface area contributed by atoms with Gasteiger partial charge in [0.05, 0.1) is 24.3 Å². The molecule has 51 heavy (non-hydrogen) atoms. The molecule has 6 N–H and O–H groups in total. The molecule has 2 amide bonds. The van der Waals surface area contributed by atoms with Crippen LogP contribution in [0.5, 0.6) is 5.75 Å². The van der Waals surface area contributed by atoms with Crippen molar-refractivity contribution in [3.63, 3.8) is 0 Å². The van der Waals surface area contributed by atoms with E-state index in [0.29, 0.717) is 25.5 Å². The Kier molecular flexibility index (Phi) is 15.4. The molecule has 0 saturated carbocycles. The van der Waals surface area contributed by atoms with Crippen molar-refractivity contribution in [2.75, 3.05) is 58.7 Å². The molecule has 0 bridgehead atoms. The Labute approximate surface area is 305 Å². The highest BCUT2D eigenvalue weighted by Crippen LogP contribution is 2.26. The van der Waals surface area contributed by atoms with Crippen molar-refractivity contribution < 1.29 is 24.2 Å². The number of rotatable bonds is 20. The number of ether oxygens (including phenoxy) is 1. The van der Waals surface area contributed by atoms with E-state index < -0.39 is 17.3 Å². The highest BCUT2D eigenvalue weighted by Gasteiger charge is 2.39. The number of amides is 2. The van der Waals surface area contributed by atoms with Gasteiger partial charge in [0.1, 0.15) is 17.6 Å².